The zero-order chi connectivity index (χ0) is 21.2. The summed E-state index contributed by atoms with van der Waals surface area (Å²) in [5.74, 6) is -0.590. The van der Waals surface area contributed by atoms with Gasteiger partial charge in [0.05, 0.1) is 18.3 Å². The van der Waals surface area contributed by atoms with Crippen LogP contribution in [0.5, 0.6) is 0 Å². The molecule has 0 saturated carbocycles. The third-order valence-corrected chi connectivity index (χ3v) is 5.16. The Morgan fingerprint density at radius 2 is 1.90 bits per heavy atom. The summed E-state index contributed by atoms with van der Waals surface area (Å²) < 4.78 is 1.29. The lowest BCUT2D eigenvalue weighted by atomic mass is 10.1. The molecule has 2 heterocycles. The lowest BCUT2D eigenvalue weighted by Crippen LogP contribution is -2.47. The van der Waals surface area contributed by atoms with Gasteiger partial charge >= 0.3 is 0 Å². The summed E-state index contributed by atoms with van der Waals surface area (Å²) in [6, 6.07) is 9.61. The molecule has 3 rings (SSSR count). The summed E-state index contributed by atoms with van der Waals surface area (Å²) in [7, 11) is 1.54. The minimum Gasteiger partial charge on any atom is -0.350 e. The molecule has 8 heteroatoms. The molecule has 0 atom stereocenters. The molecule has 0 radical (unpaired) electrons. The standard InChI is InChI=1S/C21H24N4O3S/c1-21(2,3)23-16(26)10-24(4)17(27)11-25-13-22-19-18(20(25)28)15(12-29-19)14-8-6-5-7-9-14/h5-9,12-13H,10-11H2,1-4H3,(H,23,26). The Balaban J connectivity index is 1.82. The predicted molar refractivity (Wildman–Crippen MR) is 115 cm³/mol. The van der Waals surface area contributed by atoms with Crippen LogP contribution in [0.25, 0.3) is 21.3 Å². The molecular weight excluding hydrogens is 388 g/mol. The van der Waals surface area contributed by atoms with Crippen LogP contribution in [0.4, 0.5) is 0 Å². The fourth-order valence-corrected chi connectivity index (χ4v) is 3.84. The van der Waals surface area contributed by atoms with Crippen molar-refractivity contribution in [1.82, 2.24) is 19.8 Å². The largest absolute Gasteiger partial charge is 0.350 e. The summed E-state index contributed by atoms with van der Waals surface area (Å²) in [5.41, 5.74) is 1.09. The molecule has 2 amide bonds. The van der Waals surface area contributed by atoms with Gasteiger partial charge in [-0.2, -0.15) is 0 Å². The fraction of sp³-hybridized carbons (Fsp3) is 0.333. The molecule has 3 aromatic rings. The Bertz CT molecular complexity index is 1100. The monoisotopic (exact) mass is 412 g/mol. The van der Waals surface area contributed by atoms with E-state index in [1.165, 1.54) is 27.1 Å². The minimum absolute atomic E-state index is 0.0752. The maximum absolute atomic E-state index is 13.0. The second-order valence-electron chi connectivity index (χ2n) is 7.92. The van der Waals surface area contributed by atoms with Gasteiger partial charge < -0.3 is 10.2 Å². The molecule has 0 aliphatic heterocycles. The Morgan fingerprint density at radius 1 is 1.21 bits per heavy atom. The number of rotatable bonds is 5. The zero-order valence-corrected chi connectivity index (χ0v) is 17.7. The first-order valence-electron chi connectivity index (χ1n) is 9.23. The van der Waals surface area contributed by atoms with Crippen molar-refractivity contribution in [3.05, 3.63) is 52.4 Å². The van der Waals surface area contributed by atoms with Crippen LogP contribution in [0.2, 0.25) is 0 Å². The van der Waals surface area contributed by atoms with E-state index in [9.17, 15) is 14.4 Å². The molecular formula is C21H24N4O3S. The number of aromatic nitrogens is 2. The second-order valence-corrected chi connectivity index (χ2v) is 8.78. The average molecular weight is 413 g/mol. The molecule has 0 fully saturated rings. The fourth-order valence-electron chi connectivity index (χ4n) is 2.94. The van der Waals surface area contributed by atoms with Crippen LogP contribution in [0.1, 0.15) is 20.8 Å². The maximum Gasteiger partial charge on any atom is 0.263 e. The van der Waals surface area contributed by atoms with Gasteiger partial charge in [0.1, 0.15) is 11.4 Å². The number of hydrogen-bond acceptors (Lipinski definition) is 5. The van der Waals surface area contributed by atoms with Crippen molar-refractivity contribution in [2.45, 2.75) is 32.9 Å². The van der Waals surface area contributed by atoms with Crippen LogP contribution in [-0.2, 0) is 16.1 Å². The molecule has 0 aliphatic rings. The molecule has 7 nitrogen and oxygen atoms in total. The van der Waals surface area contributed by atoms with Crippen molar-refractivity contribution in [3.63, 3.8) is 0 Å². The van der Waals surface area contributed by atoms with Gasteiger partial charge in [-0.15, -0.1) is 11.3 Å². The molecule has 0 spiro atoms. The maximum atomic E-state index is 13.0. The van der Waals surface area contributed by atoms with Crippen molar-refractivity contribution in [1.29, 1.82) is 0 Å². The first-order chi connectivity index (χ1) is 13.7. The molecule has 29 heavy (non-hydrogen) atoms. The number of hydrogen-bond donors (Lipinski definition) is 1. The van der Waals surface area contributed by atoms with E-state index in [2.05, 4.69) is 10.3 Å². The normalized spacial score (nSPS) is 11.4. The van der Waals surface area contributed by atoms with Crippen molar-refractivity contribution in [2.24, 2.45) is 0 Å². The zero-order valence-electron chi connectivity index (χ0n) is 16.9. The first kappa shape index (κ1) is 20.7. The van der Waals surface area contributed by atoms with Gasteiger partial charge in [-0.1, -0.05) is 30.3 Å². The lowest BCUT2D eigenvalue weighted by molar-refractivity contribution is -0.135. The SMILES string of the molecule is CN(CC(=O)NC(C)(C)C)C(=O)Cn1cnc2scc(-c3ccccc3)c2c1=O. The summed E-state index contributed by atoms with van der Waals surface area (Å²) in [4.78, 5) is 43.9. The smallest absolute Gasteiger partial charge is 0.263 e. The summed E-state index contributed by atoms with van der Waals surface area (Å²) in [5, 5.41) is 5.22. The van der Waals surface area contributed by atoms with Gasteiger partial charge in [0, 0.05) is 23.5 Å². The third-order valence-electron chi connectivity index (χ3n) is 4.27. The number of nitrogens with one attached hydrogen (secondary N) is 1. The highest BCUT2D eigenvalue weighted by molar-refractivity contribution is 7.17. The quantitative estimate of drug-likeness (QED) is 0.698. The van der Waals surface area contributed by atoms with E-state index < -0.39 is 0 Å². The number of amides is 2. The summed E-state index contributed by atoms with van der Waals surface area (Å²) >= 11 is 1.40. The number of carbonyl (C=O) groups excluding carboxylic acids is 2. The summed E-state index contributed by atoms with van der Waals surface area (Å²) in [6.45, 7) is 5.37. The van der Waals surface area contributed by atoms with Gasteiger partial charge in [0.25, 0.3) is 5.56 Å². The molecule has 0 saturated heterocycles. The van der Waals surface area contributed by atoms with Crippen LogP contribution >= 0.6 is 11.3 Å². The van der Waals surface area contributed by atoms with Crippen molar-refractivity contribution < 1.29 is 9.59 Å². The molecule has 1 N–H and O–H groups in total. The van der Waals surface area contributed by atoms with E-state index in [0.29, 0.717) is 10.2 Å². The topological polar surface area (TPSA) is 84.3 Å². The Morgan fingerprint density at radius 3 is 2.55 bits per heavy atom. The van der Waals surface area contributed by atoms with Gasteiger partial charge in [0.2, 0.25) is 11.8 Å². The molecule has 0 bridgehead atoms. The van der Waals surface area contributed by atoms with Gasteiger partial charge in [-0.25, -0.2) is 4.98 Å². The molecule has 1 aromatic carbocycles. The number of fused-ring (bicyclic) bond motifs is 1. The van der Waals surface area contributed by atoms with E-state index in [0.717, 1.165) is 11.1 Å². The number of likely N-dealkylation sites (N-methyl/N-ethyl adjacent to an activating group) is 1. The Hall–Kier alpha value is -3.00. The highest BCUT2D eigenvalue weighted by atomic mass is 32.1. The second kappa shape index (κ2) is 8.16. The number of thiophene rings is 1. The van der Waals surface area contributed by atoms with Crippen molar-refractivity contribution in [2.75, 3.05) is 13.6 Å². The highest BCUT2D eigenvalue weighted by Gasteiger charge is 2.19. The van der Waals surface area contributed by atoms with Gasteiger partial charge in [0.15, 0.2) is 0 Å². The first-order valence-corrected chi connectivity index (χ1v) is 10.1. The van der Waals surface area contributed by atoms with Crippen LogP contribution in [0.15, 0.2) is 46.8 Å². The van der Waals surface area contributed by atoms with E-state index in [-0.39, 0.29) is 36.0 Å². The molecule has 0 unspecified atom stereocenters. The van der Waals surface area contributed by atoms with Crippen LogP contribution in [0, 0.1) is 0 Å². The van der Waals surface area contributed by atoms with E-state index in [4.69, 9.17) is 0 Å². The van der Waals surface area contributed by atoms with Crippen molar-refractivity contribution in [3.8, 4) is 11.1 Å². The molecule has 152 valence electrons. The third kappa shape index (κ3) is 4.89. The number of nitrogens with zero attached hydrogens (tertiary/aromatic N) is 3. The lowest BCUT2D eigenvalue weighted by Gasteiger charge is -2.23. The minimum atomic E-state index is -0.375. The summed E-state index contributed by atoms with van der Waals surface area (Å²) in [6.07, 6.45) is 1.39. The van der Waals surface area contributed by atoms with Gasteiger partial charge in [-0.3, -0.25) is 19.0 Å². The predicted octanol–water partition coefficient (Wildman–Crippen LogP) is 2.50. The van der Waals surface area contributed by atoms with Gasteiger partial charge in [-0.05, 0) is 26.3 Å². The Kier molecular flexibility index (Phi) is 5.83. The van der Waals surface area contributed by atoms with Crippen LogP contribution in [-0.4, -0.2) is 45.4 Å². The Labute approximate surface area is 173 Å². The van der Waals surface area contributed by atoms with Crippen LogP contribution in [0.3, 0.4) is 0 Å². The van der Waals surface area contributed by atoms with E-state index in [1.54, 1.807) is 7.05 Å². The van der Waals surface area contributed by atoms with E-state index >= 15 is 0 Å². The average Bonchev–Trinajstić information content (AvgIpc) is 3.08. The number of benzene rings is 1. The highest BCUT2D eigenvalue weighted by Crippen LogP contribution is 2.30. The number of carbonyl (C=O) groups is 2. The van der Waals surface area contributed by atoms with E-state index in [1.807, 2.05) is 56.5 Å². The van der Waals surface area contributed by atoms with Crippen LogP contribution < -0.4 is 10.9 Å². The molecule has 2 aromatic heterocycles. The molecule has 0 aliphatic carbocycles. The van der Waals surface area contributed by atoms with Crippen molar-refractivity contribution >= 4 is 33.4 Å².